The summed E-state index contributed by atoms with van der Waals surface area (Å²) in [5.41, 5.74) is 3.04. The Morgan fingerprint density at radius 1 is 1.07 bits per heavy atom. The van der Waals surface area contributed by atoms with Crippen LogP contribution in [0.25, 0.3) is 11.0 Å². The minimum absolute atomic E-state index is 0.0612. The van der Waals surface area contributed by atoms with Crippen molar-refractivity contribution < 1.29 is 9.59 Å². The maximum atomic E-state index is 12.5. The number of carbonyl (C=O) groups excluding carboxylic acids is 2. The summed E-state index contributed by atoms with van der Waals surface area (Å²) in [6, 6.07) is 14.7. The largest absolute Gasteiger partial charge is 0.345 e. The standard InChI is InChI=1S/C21H25N5O2/c1-5-26-18-12-11-15(20(27)24(2)3)13-17(18)23-19(26)14-25(4)21(28)22-16-9-7-6-8-10-16/h6-13H,5,14H2,1-4H3,(H,22,28). The number of aromatic nitrogens is 2. The van der Waals surface area contributed by atoms with Crippen LogP contribution in [0.2, 0.25) is 0 Å². The molecule has 0 unspecified atom stereocenters. The number of hydrogen-bond acceptors (Lipinski definition) is 3. The summed E-state index contributed by atoms with van der Waals surface area (Å²) in [4.78, 5) is 32.5. The van der Waals surface area contributed by atoms with Crippen LogP contribution in [0.4, 0.5) is 10.5 Å². The number of amides is 3. The lowest BCUT2D eigenvalue weighted by atomic mass is 10.2. The maximum absolute atomic E-state index is 12.5. The van der Waals surface area contributed by atoms with Crippen LogP contribution in [0.15, 0.2) is 48.5 Å². The lowest BCUT2D eigenvalue weighted by Crippen LogP contribution is -2.31. The quantitative estimate of drug-likeness (QED) is 0.738. The number of nitrogens with one attached hydrogen (secondary N) is 1. The fourth-order valence-corrected chi connectivity index (χ4v) is 3.07. The van der Waals surface area contributed by atoms with E-state index in [-0.39, 0.29) is 11.9 Å². The highest BCUT2D eigenvalue weighted by molar-refractivity contribution is 5.97. The van der Waals surface area contributed by atoms with E-state index in [0.717, 1.165) is 29.1 Å². The summed E-state index contributed by atoms with van der Waals surface area (Å²) >= 11 is 0. The molecule has 0 radical (unpaired) electrons. The van der Waals surface area contributed by atoms with Crippen molar-refractivity contribution in [1.82, 2.24) is 19.4 Å². The van der Waals surface area contributed by atoms with Crippen LogP contribution in [-0.2, 0) is 13.1 Å². The Morgan fingerprint density at radius 2 is 1.79 bits per heavy atom. The zero-order valence-electron chi connectivity index (χ0n) is 16.6. The van der Waals surface area contributed by atoms with Crippen LogP contribution in [0.5, 0.6) is 0 Å². The predicted molar refractivity (Wildman–Crippen MR) is 110 cm³/mol. The SMILES string of the molecule is CCn1c(CN(C)C(=O)Nc2ccccc2)nc2cc(C(=O)N(C)C)ccc21. The van der Waals surface area contributed by atoms with Gasteiger partial charge in [0.1, 0.15) is 5.82 Å². The van der Waals surface area contributed by atoms with Crippen LogP contribution in [0.3, 0.4) is 0 Å². The molecule has 0 aliphatic carbocycles. The van der Waals surface area contributed by atoms with Crippen LogP contribution in [0, 0.1) is 0 Å². The number of carbonyl (C=O) groups is 2. The highest BCUT2D eigenvalue weighted by Crippen LogP contribution is 2.20. The number of imidazole rings is 1. The molecule has 0 aliphatic rings. The molecule has 3 aromatic rings. The molecule has 3 amide bonds. The Hall–Kier alpha value is -3.35. The van der Waals surface area contributed by atoms with Gasteiger partial charge in [-0.1, -0.05) is 18.2 Å². The minimum Gasteiger partial charge on any atom is -0.345 e. The van der Waals surface area contributed by atoms with E-state index in [1.165, 1.54) is 0 Å². The van der Waals surface area contributed by atoms with Gasteiger partial charge in [-0.2, -0.15) is 0 Å². The first-order valence-electron chi connectivity index (χ1n) is 9.18. The molecule has 1 heterocycles. The number of nitrogens with zero attached hydrogens (tertiary/aromatic N) is 4. The van der Waals surface area contributed by atoms with Crippen molar-refractivity contribution in [1.29, 1.82) is 0 Å². The van der Waals surface area contributed by atoms with Crippen molar-refractivity contribution >= 4 is 28.7 Å². The molecule has 2 aromatic carbocycles. The normalized spacial score (nSPS) is 10.7. The number of benzene rings is 2. The highest BCUT2D eigenvalue weighted by Gasteiger charge is 2.17. The van der Waals surface area contributed by atoms with E-state index in [1.807, 2.05) is 49.4 Å². The van der Waals surface area contributed by atoms with Gasteiger partial charge in [0, 0.05) is 38.9 Å². The van der Waals surface area contributed by atoms with Gasteiger partial charge in [0.15, 0.2) is 0 Å². The second kappa shape index (κ2) is 8.12. The first-order chi connectivity index (χ1) is 13.4. The van der Waals surface area contributed by atoms with E-state index in [2.05, 4.69) is 14.9 Å². The highest BCUT2D eigenvalue weighted by atomic mass is 16.2. The third-order valence-corrected chi connectivity index (χ3v) is 4.55. The summed E-state index contributed by atoms with van der Waals surface area (Å²) in [6.45, 7) is 3.12. The molecule has 28 heavy (non-hydrogen) atoms. The van der Waals surface area contributed by atoms with Crippen LogP contribution in [-0.4, -0.2) is 52.4 Å². The lowest BCUT2D eigenvalue weighted by molar-refractivity contribution is 0.0827. The molecule has 0 aliphatic heterocycles. The van der Waals surface area contributed by atoms with E-state index in [1.54, 1.807) is 37.0 Å². The van der Waals surface area contributed by atoms with Gasteiger partial charge >= 0.3 is 6.03 Å². The lowest BCUT2D eigenvalue weighted by Gasteiger charge is -2.18. The van der Waals surface area contributed by atoms with Crippen LogP contribution >= 0.6 is 0 Å². The van der Waals surface area contributed by atoms with Crippen molar-refractivity contribution in [3.63, 3.8) is 0 Å². The van der Waals surface area contributed by atoms with Crippen LogP contribution < -0.4 is 5.32 Å². The van der Waals surface area contributed by atoms with Crippen LogP contribution in [0.1, 0.15) is 23.1 Å². The number of aryl methyl sites for hydroxylation is 1. The summed E-state index contributed by atoms with van der Waals surface area (Å²) < 4.78 is 2.06. The van der Waals surface area contributed by atoms with Gasteiger partial charge in [0.25, 0.3) is 5.91 Å². The van der Waals surface area contributed by atoms with Crippen molar-refractivity contribution in [2.24, 2.45) is 0 Å². The molecular weight excluding hydrogens is 354 g/mol. The summed E-state index contributed by atoms with van der Waals surface area (Å²) in [5.74, 6) is 0.714. The second-order valence-electron chi connectivity index (χ2n) is 6.83. The Kier molecular flexibility index (Phi) is 5.63. The molecule has 1 N–H and O–H groups in total. The van der Waals surface area contributed by atoms with Gasteiger partial charge in [-0.15, -0.1) is 0 Å². The number of anilines is 1. The second-order valence-corrected chi connectivity index (χ2v) is 6.83. The maximum Gasteiger partial charge on any atom is 0.321 e. The van der Waals surface area contributed by atoms with Crippen molar-refractivity contribution in [2.45, 2.75) is 20.0 Å². The predicted octanol–water partition coefficient (Wildman–Crippen LogP) is 3.42. The number of rotatable bonds is 5. The Morgan fingerprint density at radius 3 is 2.43 bits per heavy atom. The molecule has 0 atom stereocenters. The molecule has 3 rings (SSSR count). The Bertz CT molecular complexity index is 995. The molecule has 7 heteroatoms. The first kappa shape index (κ1) is 19.4. The molecule has 0 saturated heterocycles. The number of para-hydroxylation sites is 1. The number of hydrogen-bond donors (Lipinski definition) is 1. The summed E-state index contributed by atoms with van der Waals surface area (Å²) in [7, 11) is 5.18. The van der Waals surface area contributed by atoms with Gasteiger partial charge in [-0.25, -0.2) is 9.78 Å². The average Bonchev–Trinajstić information content (AvgIpc) is 3.03. The Labute approximate surface area is 164 Å². The van der Waals surface area contributed by atoms with Gasteiger partial charge < -0.3 is 19.7 Å². The molecule has 0 spiro atoms. The average molecular weight is 379 g/mol. The van der Waals surface area contributed by atoms with Gasteiger partial charge in [-0.3, -0.25) is 4.79 Å². The molecule has 1 aromatic heterocycles. The van der Waals surface area contributed by atoms with Crippen molar-refractivity contribution in [3.8, 4) is 0 Å². The van der Waals surface area contributed by atoms with Gasteiger partial charge in [0.05, 0.1) is 17.6 Å². The Balaban J connectivity index is 1.83. The summed E-state index contributed by atoms with van der Waals surface area (Å²) in [5, 5.41) is 2.87. The summed E-state index contributed by atoms with van der Waals surface area (Å²) in [6.07, 6.45) is 0. The van der Waals surface area contributed by atoms with Crippen molar-refractivity contribution in [3.05, 3.63) is 59.9 Å². The topological polar surface area (TPSA) is 70.5 Å². The smallest absolute Gasteiger partial charge is 0.321 e. The van der Waals surface area contributed by atoms with Gasteiger partial charge in [0.2, 0.25) is 0 Å². The minimum atomic E-state index is -0.204. The monoisotopic (exact) mass is 379 g/mol. The molecule has 0 bridgehead atoms. The third-order valence-electron chi connectivity index (χ3n) is 4.55. The first-order valence-corrected chi connectivity index (χ1v) is 9.18. The van der Waals surface area contributed by atoms with E-state index in [0.29, 0.717) is 12.1 Å². The molecule has 0 fully saturated rings. The molecule has 7 nitrogen and oxygen atoms in total. The van der Waals surface area contributed by atoms with E-state index < -0.39 is 0 Å². The fourth-order valence-electron chi connectivity index (χ4n) is 3.07. The molecular formula is C21H25N5O2. The van der Waals surface area contributed by atoms with E-state index >= 15 is 0 Å². The number of fused-ring (bicyclic) bond motifs is 1. The third kappa shape index (κ3) is 3.98. The fraction of sp³-hybridized carbons (Fsp3) is 0.286. The van der Waals surface area contributed by atoms with Crippen molar-refractivity contribution in [2.75, 3.05) is 26.5 Å². The molecule has 0 saturated carbocycles. The molecule has 146 valence electrons. The number of urea groups is 1. The zero-order chi connectivity index (χ0) is 20.3. The zero-order valence-corrected chi connectivity index (χ0v) is 16.6. The van der Waals surface area contributed by atoms with E-state index in [4.69, 9.17) is 0 Å². The van der Waals surface area contributed by atoms with Gasteiger partial charge in [-0.05, 0) is 37.3 Å². The van der Waals surface area contributed by atoms with E-state index in [9.17, 15) is 9.59 Å².